The van der Waals surface area contributed by atoms with Gasteiger partial charge in [-0.2, -0.15) is 0 Å². The topological polar surface area (TPSA) is 142 Å². The summed E-state index contributed by atoms with van der Waals surface area (Å²) in [5, 5.41) is 0. The lowest BCUT2D eigenvalue weighted by molar-refractivity contribution is -0.153. The number of pyridine rings is 2. The fourth-order valence-electron chi connectivity index (χ4n) is 4.66. The number of nitrogens with zero attached hydrogens (tertiary/aromatic N) is 3. The molecule has 0 radical (unpaired) electrons. The Morgan fingerprint density at radius 2 is 1.41 bits per heavy atom. The number of rotatable bonds is 9. The Labute approximate surface area is 270 Å². The molecule has 4 rings (SSSR count). The van der Waals surface area contributed by atoms with Crippen molar-refractivity contribution in [1.82, 2.24) is 9.97 Å². The zero-order valence-corrected chi connectivity index (χ0v) is 27.7. The molecule has 10 nitrogen and oxygen atoms in total. The molecule has 242 valence electrons. The van der Waals surface area contributed by atoms with Gasteiger partial charge in [0.15, 0.2) is 4.87 Å². The van der Waals surface area contributed by atoms with Crippen molar-refractivity contribution in [3.8, 4) is 11.1 Å². The number of aromatic nitrogens is 2. The predicted molar refractivity (Wildman–Crippen MR) is 177 cm³/mol. The number of anilines is 1. The quantitative estimate of drug-likeness (QED) is 0.215. The molecule has 1 atom stereocenters. The minimum absolute atomic E-state index is 0.0340. The van der Waals surface area contributed by atoms with Gasteiger partial charge in [0, 0.05) is 18.8 Å². The molecule has 0 saturated carbocycles. The molecule has 0 aliphatic carbocycles. The summed E-state index contributed by atoms with van der Waals surface area (Å²) in [4.78, 5) is 33.7. The normalized spacial score (nSPS) is 13.4. The third-order valence-electron chi connectivity index (χ3n) is 6.72. The van der Waals surface area contributed by atoms with E-state index in [1.807, 2.05) is 54.6 Å². The van der Waals surface area contributed by atoms with Crippen molar-refractivity contribution in [1.29, 1.82) is 0 Å². The molecule has 0 aliphatic heterocycles. The number of ether oxygens (including phenoxy) is 2. The monoisotopic (exact) mass is 644 g/mol. The van der Waals surface area contributed by atoms with E-state index < -0.39 is 44.5 Å². The van der Waals surface area contributed by atoms with Crippen LogP contribution in [0.2, 0.25) is 0 Å². The number of benzene rings is 2. The first kappa shape index (κ1) is 34.3. The molecule has 4 aromatic rings. The largest absolute Gasteiger partial charge is 0.459 e. The first-order chi connectivity index (χ1) is 21.5. The molecular formula is C35H40N4O6S. The van der Waals surface area contributed by atoms with Gasteiger partial charge in [0.2, 0.25) is 9.84 Å². The molecular weight excluding hydrogens is 604 g/mol. The van der Waals surface area contributed by atoms with Gasteiger partial charge in [-0.25, -0.2) is 18.2 Å². The molecule has 1 amide bonds. The van der Waals surface area contributed by atoms with Gasteiger partial charge < -0.3 is 15.2 Å². The summed E-state index contributed by atoms with van der Waals surface area (Å²) in [5.74, 6) is -0.737. The van der Waals surface area contributed by atoms with Gasteiger partial charge in [0.05, 0.1) is 10.6 Å². The van der Waals surface area contributed by atoms with Crippen LogP contribution in [0.25, 0.3) is 11.1 Å². The van der Waals surface area contributed by atoms with Gasteiger partial charge in [-0.1, -0.05) is 60.7 Å². The van der Waals surface area contributed by atoms with E-state index in [1.165, 1.54) is 42.7 Å². The van der Waals surface area contributed by atoms with E-state index in [0.717, 1.165) is 16.0 Å². The van der Waals surface area contributed by atoms with Crippen molar-refractivity contribution in [3.63, 3.8) is 0 Å². The highest BCUT2D eigenvalue weighted by atomic mass is 32.2. The summed E-state index contributed by atoms with van der Waals surface area (Å²) in [6, 6.07) is 24.6. The lowest BCUT2D eigenvalue weighted by Gasteiger charge is -2.31. The molecule has 46 heavy (non-hydrogen) atoms. The molecule has 2 aromatic heterocycles. The van der Waals surface area contributed by atoms with Crippen LogP contribution in [0.3, 0.4) is 0 Å². The number of hydrogen-bond donors (Lipinski definition) is 1. The smallest absolute Gasteiger partial charge is 0.416 e. The van der Waals surface area contributed by atoms with Crippen LogP contribution in [0.1, 0.15) is 52.8 Å². The van der Waals surface area contributed by atoms with E-state index in [-0.39, 0.29) is 22.8 Å². The molecule has 0 aliphatic rings. The van der Waals surface area contributed by atoms with E-state index in [0.29, 0.717) is 5.56 Å². The van der Waals surface area contributed by atoms with Crippen molar-refractivity contribution in [2.75, 3.05) is 11.4 Å². The van der Waals surface area contributed by atoms with Crippen molar-refractivity contribution in [2.24, 2.45) is 5.73 Å². The van der Waals surface area contributed by atoms with Crippen LogP contribution in [0.4, 0.5) is 10.6 Å². The number of carbonyl (C=O) groups excluding carboxylic acids is 2. The average molecular weight is 645 g/mol. The Kier molecular flexibility index (Phi) is 9.98. The number of carbonyl (C=O) groups is 2. The van der Waals surface area contributed by atoms with Crippen LogP contribution in [-0.4, -0.2) is 48.2 Å². The number of amides is 1. The highest BCUT2D eigenvalue weighted by Gasteiger charge is 2.45. The van der Waals surface area contributed by atoms with Gasteiger partial charge >= 0.3 is 12.1 Å². The first-order valence-electron chi connectivity index (χ1n) is 14.8. The Hall–Kier alpha value is -4.61. The van der Waals surface area contributed by atoms with Crippen molar-refractivity contribution >= 4 is 27.7 Å². The lowest BCUT2D eigenvalue weighted by Crippen LogP contribution is -2.48. The average Bonchev–Trinajstić information content (AvgIpc) is 2.99. The second-order valence-electron chi connectivity index (χ2n) is 12.9. The minimum Gasteiger partial charge on any atom is -0.459 e. The third-order valence-corrected chi connectivity index (χ3v) is 8.89. The summed E-state index contributed by atoms with van der Waals surface area (Å²) < 4.78 is 39.6. The predicted octanol–water partition coefficient (Wildman–Crippen LogP) is 6.05. The summed E-state index contributed by atoms with van der Waals surface area (Å²) in [7, 11) is -4.33. The molecule has 0 fully saturated rings. The molecule has 0 spiro atoms. The number of nitrogens with two attached hydrogens (primary N) is 1. The fraction of sp³-hybridized carbons (Fsp3) is 0.314. The molecule has 0 saturated heterocycles. The second kappa shape index (κ2) is 13.4. The molecule has 11 heteroatoms. The first-order valence-corrected chi connectivity index (χ1v) is 16.2. The van der Waals surface area contributed by atoms with Gasteiger partial charge in [0.1, 0.15) is 23.6 Å². The second-order valence-corrected chi connectivity index (χ2v) is 15.1. The Balaban J connectivity index is 1.81. The minimum atomic E-state index is -4.33. The summed E-state index contributed by atoms with van der Waals surface area (Å²) in [6.07, 6.45) is 1.67. The summed E-state index contributed by atoms with van der Waals surface area (Å²) in [5.41, 5.74) is 7.79. The maximum Gasteiger partial charge on any atom is 0.416 e. The van der Waals surface area contributed by atoms with Crippen LogP contribution < -0.4 is 10.6 Å². The van der Waals surface area contributed by atoms with Crippen LogP contribution in [0.15, 0.2) is 102 Å². The Morgan fingerprint density at radius 3 is 2.00 bits per heavy atom. The third kappa shape index (κ3) is 8.35. The van der Waals surface area contributed by atoms with E-state index in [9.17, 15) is 18.0 Å². The van der Waals surface area contributed by atoms with E-state index >= 15 is 0 Å². The van der Waals surface area contributed by atoms with Crippen LogP contribution in [0.5, 0.6) is 0 Å². The fourth-order valence-corrected chi connectivity index (χ4v) is 6.28. The van der Waals surface area contributed by atoms with Crippen molar-refractivity contribution in [2.45, 2.75) is 68.9 Å². The van der Waals surface area contributed by atoms with Crippen LogP contribution >= 0.6 is 0 Å². The molecule has 2 aromatic carbocycles. The molecule has 0 bridgehead atoms. The Bertz CT molecular complexity index is 1770. The van der Waals surface area contributed by atoms with E-state index in [1.54, 1.807) is 41.5 Å². The standard InChI is InChI=1S/C35H40N4O6S/c1-33(2,3)44-31(40)24-39(32(41)45-34(4,5)6)30-16-10-15-29(38-30)35(36,46(42,43)28-14-11-21-37-23-28)22-25-17-19-27(20-18-25)26-12-8-7-9-13-26/h7-21,23H,22,24,36H2,1-6H3. The van der Waals surface area contributed by atoms with E-state index in [4.69, 9.17) is 15.2 Å². The van der Waals surface area contributed by atoms with Gasteiger partial charge in [-0.15, -0.1) is 0 Å². The Morgan fingerprint density at radius 1 is 0.783 bits per heavy atom. The van der Waals surface area contributed by atoms with Crippen molar-refractivity contribution < 1.29 is 27.5 Å². The number of hydrogen-bond acceptors (Lipinski definition) is 9. The highest BCUT2D eigenvalue weighted by Crippen LogP contribution is 2.35. The van der Waals surface area contributed by atoms with Crippen LogP contribution in [0, 0.1) is 0 Å². The maximum absolute atomic E-state index is 14.3. The lowest BCUT2D eigenvalue weighted by atomic mass is 9.99. The zero-order chi connectivity index (χ0) is 33.8. The zero-order valence-electron chi connectivity index (χ0n) is 26.9. The number of esters is 1. The van der Waals surface area contributed by atoms with Gasteiger partial charge in [0.25, 0.3) is 0 Å². The molecule has 1 unspecified atom stereocenters. The highest BCUT2D eigenvalue weighted by molar-refractivity contribution is 7.92. The molecule has 2 heterocycles. The number of sulfone groups is 1. The van der Waals surface area contributed by atoms with Crippen molar-refractivity contribution in [3.05, 3.63) is 109 Å². The van der Waals surface area contributed by atoms with E-state index in [2.05, 4.69) is 9.97 Å². The van der Waals surface area contributed by atoms with Crippen LogP contribution in [-0.2, 0) is 35.4 Å². The molecule has 2 N–H and O–H groups in total. The SMILES string of the molecule is CC(C)(C)OC(=O)CN(C(=O)OC(C)(C)C)c1cccc(C(N)(Cc2ccc(-c3ccccc3)cc2)S(=O)(=O)c2cccnc2)n1. The summed E-state index contributed by atoms with van der Waals surface area (Å²) >= 11 is 0. The van der Waals surface area contributed by atoms with Gasteiger partial charge in [-0.05, 0) is 82.5 Å². The maximum atomic E-state index is 14.3. The van der Waals surface area contributed by atoms with Gasteiger partial charge in [-0.3, -0.25) is 14.7 Å². The summed E-state index contributed by atoms with van der Waals surface area (Å²) in [6.45, 7) is 9.66.